The molecule has 18 heavy (non-hydrogen) atoms. The molecule has 2 unspecified atom stereocenters. The predicted molar refractivity (Wildman–Crippen MR) is 81.9 cm³/mol. The van der Waals surface area contributed by atoms with Crippen LogP contribution >= 0.6 is 0 Å². The van der Waals surface area contributed by atoms with E-state index in [4.69, 9.17) is 0 Å². The summed E-state index contributed by atoms with van der Waals surface area (Å²) in [6.07, 6.45) is 9.68. The second kappa shape index (κ2) is 6.41. The molecule has 0 bridgehead atoms. The predicted octanol–water partition coefficient (Wildman–Crippen LogP) is 5.15. The molecule has 0 spiro atoms. The Bertz CT molecular complexity index is 236. The van der Waals surface area contributed by atoms with Crippen molar-refractivity contribution in [2.75, 3.05) is 0 Å². The molecule has 1 fully saturated rings. The van der Waals surface area contributed by atoms with Crippen LogP contribution in [0, 0.1) is 11.3 Å². The van der Waals surface area contributed by atoms with Crippen LogP contribution in [0.3, 0.4) is 0 Å². The smallest absolute Gasteiger partial charge is 0.0132 e. The Morgan fingerprint density at radius 3 is 2.17 bits per heavy atom. The third-order valence-electron chi connectivity index (χ3n) is 4.23. The SMILES string of the molecule is CCC1CCCC(NC(C)(C)CC(C)(C)C)CC1. The first-order valence-electron chi connectivity index (χ1n) is 7.99. The van der Waals surface area contributed by atoms with Crippen molar-refractivity contribution < 1.29 is 0 Å². The summed E-state index contributed by atoms with van der Waals surface area (Å²) in [7, 11) is 0. The topological polar surface area (TPSA) is 12.0 Å². The van der Waals surface area contributed by atoms with E-state index in [1.807, 2.05) is 0 Å². The molecule has 0 heterocycles. The van der Waals surface area contributed by atoms with E-state index in [1.54, 1.807) is 0 Å². The van der Waals surface area contributed by atoms with E-state index in [2.05, 4.69) is 46.9 Å². The highest BCUT2D eigenvalue weighted by atomic mass is 15.0. The van der Waals surface area contributed by atoms with Crippen molar-refractivity contribution in [1.82, 2.24) is 5.32 Å². The van der Waals surface area contributed by atoms with Crippen LogP contribution in [0.15, 0.2) is 0 Å². The molecule has 0 aromatic rings. The van der Waals surface area contributed by atoms with E-state index in [9.17, 15) is 0 Å². The highest BCUT2D eigenvalue weighted by Gasteiger charge is 2.28. The summed E-state index contributed by atoms with van der Waals surface area (Å²) in [4.78, 5) is 0. The van der Waals surface area contributed by atoms with E-state index in [-0.39, 0.29) is 5.54 Å². The minimum Gasteiger partial charge on any atom is -0.309 e. The van der Waals surface area contributed by atoms with E-state index < -0.39 is 0 Å². The molecule has 1 heteroatoms. The number of nitrogens with one attached hydrogen (secondary N) is 1. The molecule has 0 aliphatic heterocycles. The van der Waals surface area contributed by atoms with Gasteiger partial charge < -0.3 is 5.32 Å². The molecule has 1 rings (SSSR count). The quantitative estimate of drug-likeness (QED) is 0.683. The molecule has 108 valence electrons. The first-order valence-corrected chi connectivity index (χ1v) is 7.99. The van der Waals surface area contributed by atoms with Gasteiger partial charge in [0.15, 0.2) is 0 Å². The van der Waals surface area contributed by atoms with Crippen LogP contribution in [-0.4, -0.2) is 11.6 Å². The fourth-order valence-electron chi connectivity index (χ4n) is 3.86. The molecular formula is C17H35N. The van der Waals surface area contributed by atoms with Crippen LogP contribution in [0.25, 0.3) is 0 Å². The van der Waals surface area contributed by atoms with Gasteiger partial charge in [-0.2, -0.15) is 0 Å². The summed E-state index contributed by atoms with van der Waals surface area (Å²) in [5, 5.41) is 3.94. The highest BCUT2D eigenvalue weighted by molar-refractivity contribution is 4.87. The Kier molecular flexibility index (Phi) is 5.70. The lowest BCUT2D eigenvalue weighted by Gasteiger charge is -2.36. The molecular weight excluding hydrogens is 218 g/mol. The monoisotopic (exact) mass is 253 g/mol. The lowest BCUT2D eigenvalue weighted by atomic mass is 9.81. The van der Waals surface area contributed by atoms with Gasteiger partial charge in [-0.25, -0.2) is 0 Å². The molecule has 0 aromatic carbocycles. The Balaban J connectivity index is 2.46. The zero-order valence-corrected chi connectivity index (χ0v) is 13.6. The molecule has 0 amide bonds. The maximum atomic E-state index is 3.94. The van der Waals surface area contributed by atoms with Crippen LogP contribution < -0.4 is 5.32 Å². The third-order valence-corrected chi connectivity index (χ3v) is 4.23. The van der Waals surface area contributed by atoms with Gasteiger partial charge in [0, 0.05) is 11.6 Å². The van der Waals surface area contributed by atoms with Gasteiger partial charge in [0.2, 0.25) is 0 Å². The summed E-state index contributed by atoms with van der Waals surface area (Å²) >= 11 is 0. The van der Waals surface area contributed by atoms with Crippen LogP contribution in [0.4, 0.5) is 0 Å². The Morgan fingerprint density at radius 2 is 1.61 bits per heavy atom. The molecule has 2 atom stereocenters. The van der Waals surface area contributed by atoms with Gasteiger partial charge in [0.1, 0.15) is 0 Å². The van der Waals surface area contributed by atoms with Gasteiger partial charge in [-0.15, -0.1) is 0 Å². The largest absolute Gasteiger partial charge is 0.309 e. The Morgan fingerprint density at radius 1 is 0.944 bits per heavy atom. The molecule has 0 aromatic heterocycles. The lowest BCUT2D eigenvalue weighted by molar-refractivity contribution is 0.215. The normalized spacial score (nSPS) is 27.0. The van der Waals surface area contributed by atoms with Crippen molar-refractivity contribution in [2.24, 2.45) is 11.3 Å². The molecule has 1 nitrogen and oxygen atoms in total. The van der Waals surface area contributed by atoms with E-state index in [0.29, 0.717) is 5.41 Å². The Hall–Kier alpha value is -0.0400. The van der Waals surface area contributed by atoms with E-state index in [0.717, 1.165) is 12.0 Å². The van der Waals surface area contributed by atoms with Crippen LogP contribution in [0.1, 0.15) is 86.5 Å². The summed E-state index contributed by atoms with van der Waals surface area (Å²) in [5.74, 6) is 0.988. The summed E-state index contributed by atoms with van der Waals surface area (Å²) in [5.41, 5.74) is 0.683. The van der Waals surface area contributed by atoms with Crippen molar-refractivity contribution in [2.45, 2.75) is 98.1 Å². The van der Waals surface area contributed by atoms with Gasteiger partial charge in [0.05, 0.1) is 0 Å². The standard InChI is InChI=1S/C17H35N/c1-7-14-9-8-10-15(12-11-14)18-17(5,6)13-16(2,3)4/h14-15,18H,7-13H2,1-6H3. The van der Waals surface area contributed by atoms with Crippen molar-refractivity contribution in [1.29, 1.82) is 0 Å². The second-order valence-electron chi connectivity index (χ2n) is 8.25. The van der Waals surface area contributed by atoms with Crippen molar-refractivity contribution in [3.8, 4) is 0 Å². The maximum absolute atomic E-state index is 3.94. The van der Waals surface area contributed by atoms with Gasteiger partial charge >= 0.3 is 0 Å². The molecule has 0 radical (unpaired) electrons. The molecule has 1 aliphatic rings. The fourth-order valence-corrected chi connectivity index (χ4v) is 3.86. The second-order valence-corrected chi connectivity index (χ2v) is 8.25. The Labute approximate surface area is 115 Å². The molecule has 0 saturated heterocycles. The highest BCUT2D eigenvalue weighted by Crippen LogP contribution is 2.30. The zero-order chi connectivity index (χ0) is 13.8. The van der Waals surface area contributed by atoms with Gasteiger partial charge in [0.25, 0.3) is 0 Å². The molecule has 1 aliphatic carbocycles. The minimum atomic E-state index is 0.273. The van der Waals surface area contributed by atoms with E-state index >= 15 is 0 Å². The number of rotatable bonds is 4. The zero-order valence-electron chi connectivity index (χ0n) is 13.6. The van der Waals surface area contributed by atoms with Crippen molar-refractivity contribution in [3.63, 3.8) is 0 Å². The minimum absolute atomic E-state index is 0.273. The van der Waals surface area contributed by atoms with Gasteiger partial charge in [-0.05, 0) is 50.9 Å². The van der Waals surface area contributed by atoms with Crippen LogP contribution in [0.2, 0.25) is 0 Å². The number of hydrogen-bond acceptors (Lipinski definition) is 1. The third kappa shape index (κ3) is 6.22. The van der Waals surface area contributed by atoms with Crippen LogP contribution in [0.5, 0.6) is 0 Å². The fraction of sp³-hybridized carbons (Fsp3) is 1.00. The maximum Gasteiger partial charge on any atom is 0.0132 e. The van der Waals surface area contributed by atoms with Gasteiger partial charge in [-0.1, -0.05) is 47.0 Å². The van der Waals surface area contributed by atoms with Crippen LogP contribution in [-0.2, 0) is 0 Å². The molecule has 1 saturated carbocycles. The lowest BCUT2D eigenvalue weighted by Crippen LogP contribution is -2.47. The van der Waals surface area contributed by atoms with Crippen molar-refractivity contribution >= 4 is 0 Å². The average Bonchev–Trinajstić information content (AvgIpc) is 2.38. The summed E-state index contributed by atoms with van der Waals surface area (Å²) in [6, 6.07) is 0.749. The summed E-state index contributed by atoms with van der Waals surface area (Å²) < 4.78 is 0. The average molecular weight is 253 g/mol. The van der Waals surface area contributed by atoms with E-state index in [1.165, 1.54) is 44.9 Å². The van der Waals surface area contributed by atoms with Gasteiger partial charge in [-0.3, -0.25) is 0 Å². The number of hydrogen-bond donors (Lipinski definition) is 1. The molecule has 1 N–H and O–H groups in total. The summed E-state index contributed by atoms with van der Waals surface area (Å²) in [6.45, 7) is 14.1. The first kappa shape index (κ1) is 16.0. The van der Waals surface area contributed by atoms with Crippen molar-refractivity contribution in [3.05, 3.63) is 0 Å². The first-order chi connectivity index (χ1) is 8.22.